The third-order valence-corrected chi connectivity index (χ3v) is 6.33. The monoisotopic (exact) mass is 423 g/mol. The van der Waals surface area contributed by atoms with Crippen LogP contribution in [0.1, 0.15) is 17.5 Å². The van der Waals surface area contributed by atoms with Crippen LogP contribution >= 0.6 is 0 Å². The van der Waals surface area contributed by atoms with Crippen LogP contribution in [-0.4, -0.2) is 48.8 Å². The van der Waals surface area contributed by atoms with Crippen LogP contribution in [0.5, 0.6) is 0 Å². The summed E-state index contributed by atoms with van der Waals surface area (Å²) in [4.78, 5) is 2.28. The molecule has 4 atom stereocenters. The largest absolute Gasteiger partial charge is 0.382 e. The first kappa shape index (κ1) is 21.9. The average molecular weight is 424 g/mol. The molecule has 0 spiro atoms. The minimum Gasteiger partial charge on any atom is -0.382 e. The van der Waals surface area contributed by atoms with Gasteiger partial charge in [-0.2, -0.15) is 0 Å². The minimum absolute atomic E-state index is 0.145. The normalized spacial score (nSPS) is 28.4. The van der Waals surface area contributed by atoms with Crippen LogP contribution in [0, 0.1) is 5.92 Å². The molecule has 0 bridgehead atoms. The van der Waals surface area contributed by atoms with E-state index in [-0.39, 0.29) is 6.42 Å². The van der Waals surface area contributed by atoms with Crippen LogP contribution in [0.25, 0.3) is 0 Å². The second-order valence-corrected chi connectivity index (χ2v) is 8.33. The second-order valence-electron chi connectivity index (χ2n) is 8.33. The van der Waals surface area contributed by atoms with Crippen molar-refractivity contribution in [2.45, 2.75) is 30.5 Å². The number of rotatable bonds is 7. The first-order valence-electron chi connectivity index (χ1n) is 10.8. The van der Waals surface area contributed by atoms with Gasteiger partial charge in [0.2, 0.25) is 5.85 Å². The number of morpholine rings is 1. The van der Waals surface area contributed by atoms with Gasteiger partial charge in [0.25, 0.3) is 0 Å². The highest BCUT2D eigenvalue weighted by atomic mass is 19.2. The van der Waals surface area contributed by atoms with Crippen molar-refractivity contribution < 1.29 is 19.0 Å². The zero-order valence-electron chi connectivity index (χ0n) is 17.9. The van der Waals surface area contributed by atoms with Crippen LogP contribution in [0.3, 0.4) is 0 Å². The zero-order valence-corrected chi connectivity index (χ0v) is 17.9. The van der Waals surface area contributed by atoms with Crippen molar-refractivity contribution in [3.63, 3.8) is 0 Å². The molecule has 0 aromatic heterocycles. The molecular formula is C26H30FNO3. The number of hydrogen-bond donors (Lipinski definition) is 1. The van der Waals surface area contributed by atoms with E-state index < -0.39 is 23.5 Å². The number of hydrogen-bond acceptors (Lipinski definition) is 4. The Kier molecular flexibility index (Phi) is 6.68. The number of aliphatic hydroxyl groups is 1. The van der Waals surface area contributed by atoms with Crippen molar-refractivity contribution >= 4 is 0 Å². The summed E-state index contributed by atoms with van der Waals surface area (Å²) >= 11 is 0. The smallest absolute Gasteiger partial charge is 0.234 e. The Morgan fingerprint density at radius 3 is 2.55 bits per heavy atom. The Bertz CT molecular complexity index is 903. The number of alkyl halides is 1. The summed E-state index contributed by atoms with van der Waals surface area (Å²) in [6.45, 7) is 2.63. The number of halogens is 1. The molecule has 31 heavy (non-hydrogen) atoms. The van der Waals surface area contributed by atoms with Crippen molar-refractivity contribution in [1.29, 1.82) is 0 Å². The van der Waals surface area contributed by atoms with Crippen molar-refractivity contribution in [3.8, 4) is 0 Å². The van der Waals surface area contributed by atoms with Gasteiger partial charge in [-0.05, 0) is 23.6 Å². The van der Waals surface area contributed by atoms with Gasteiger partial charge in [0, 0.05) is 32.7 Å². The molecule has 164 valence electrons. The highest BCUT2D eigenvalue weighted by Gasteiger charge is 2.48. The predicted octanol–water partition coefficient (Wildman–Crippen LogP) is 4.22. The molecule has 0 saturated carbocycles. The average Bonchev–Trinajstić information content (AvgIpc) is 2.82. The first-order chi connectivity index (χ1) is 15.0. The van der Waals surface area contributed by atoms with Gasteiger partial charge in [0.05, 0.1) is 6.61 Å². The lowest BCUT2D eigenvalue weighted by Crippen LogP contribution is -2.54. The van der Waals surface area contributed by atoms with Gasteiger partial charge in [-0.25, -0.2) is 4.39 Å². The molecule has 2 aliphatic rings. The van der Waals surface area contributed by atoms with Crippen LogP contribution in [-0.2, 0) is 21.6 Å². The van der Waals surface area contributed by atoms with E-state index in [0.717, 1.165) is 18.7 Å². The maximum atomic E-state index is 15.4. The number of nitrogens with zero attached hydrogens (tertiary/aromatic N) is 1. The lowest BCUT2D eigenvalue weighted by Gasteiger charge is -2.45. The number of ether oxygens (including phenoxy) is 2. The number of benzene rings is 2. The van der Waals surface area contributed by atoms with Gasteiger partial charge >= 0.3 is 0 Å². The fourth-order valence-electron chi connectivity index (χ4n) is 4.54. The summed E-state index contributed by atoms with van der Waals surface area (Å²) in [5.41, 5.74) is 0.573. The summed E-state index contributed by atoms with van der Waals surface area (Å²) < 4.78 is 26.7. The molecule has 5 heteroatoms. The van der Waals surface area contributed by atoms with E-state index in [1.807, 2.05) is 48.5 Å². The van der Waals surface area contributed by atoms with E-state index in [9.17, 15) is 5.11 Å². The second kappa shape index (κ2) is 9.45. The van der Waals surface area contributed by atoms with Crippen LogP contribution in [0.15, 0.2) is 85.0 Å². The summed E-state index contributed by atoms with van der Waals surface area (Å²) in [6, 6.07) is 19.7. The van der Waals surface area contributed by atoms with Gasteiger partial charge in [0.1, 0.15) is 11.7 Å². The molecule has 1 saturated heterocycles. The van der Waals surface area contributed by atoms with Crippen molar-refractivity contribution in [2.24, 2.45) is 5.92 Å². The molecule has 0 radical (unpaired) electrons. The Morgan fingerprint density at radius 2 is 1.84 bits per heavy atom. The van der Waals surface area contributed by atoms with Gasteiger partial charge in [0.15, 0.2) is 0 Å². The van der Waals surface area contributed by atoms with E-state index in [0.29, 0.717) is 13.2 Å². The molecule has 4 nitrogen and oxygen atoms in total. The fraction of sp³-hybridized carbons (Fsp3) is 0.385. The molecule has 1 aliphatic carbocycles. The van der Waals surface area contributed by atoms with Crippen LogP contribution in [0.4, 0.5) is 4.39 Å². The maximum absolute atomic E-state index is 15.4. The van der Waals surface area contributed by atoms with E-state index in [1.165, 1.54) is 18.7 Å². The predicted molar refractivity (Wildman–Crippen MR) is 119 cm³/mol. The first-order valence-corrected chi connectivity index (χ1v) is 10.8. The summed E-state index contributed by atoms with van der Waals surface area (Å²) in [7, 11) is 1.36. The van der Waals surface area contributed by atoms with Crippen molar-refractivity contribution in [3.05, 3.63) is 96.1 Å². The summed E-state index contributed by atoms with van der Waals surface area (Å²) in [6.07, 6.45) is 6.27. The lowest BCUT2D eigenvalue weighted by atomic mass is 9.76. The molecule has 2 aromatic carbocycles. The molecule has 4 rings (SSSR count). The maximum Gasteiger partial charge on any atom is 0.234 e. The lowest BCUT2D eigenvalue weighted by molar-refractivity contribution is -0.179. The highest BCUT2D eigenvalue weighted by molar-refractivity contribution is 5.27. The molecule has 2 aromatic rings. The number of allylic oxidation sites excluding steroid dienone is 2. The van der Waals surface area contributed by atoms with Gasteiger partial charge in [-0.1, -0.05) is 78.9 Å². The van der Waals surface area contributed by atoms with Gasteiger partial charge < -0.3 is 14.6 Å². The quantitative estimate of drug-likeness (QED) is 0.724. The van der Waals surface area contributed by atoms with Crippen molar-refractivity contribution in [1.82, 2.24) is 4.90 Å². The Balaban J connectivity index is 1.60. The van der Waals surface area contributed by atoms with E-state index in [4.69, 9.17) is 9.47 Å². The van der Waals surface area contributed by atoms with E-state index in [2.05, 4.69) is 17.0 Å². The van der Waals surface area contributed by atoms with Gasteiger partial charge in [-0.15, -0.1) is 0 Å². The minimum atomic E-state index is -1.96. The summed E-state index contributed by atoms with van der Waals surface area (Å²) in [5.74, 6) is -2.60. The molecule has 1 aliphatic heterocycles. The van der Waals surface area contributed by atoms with Crippen LogP contribution in [0.2, 0.25) is 0 Å². The Morgan fingerprint density at radius 1 is 1.13 bits per heavy atom. The molecule has 0 amide bonds. The number of methoxy groups -OCH3 is 1. The molecular weight excluding hydrogens is 393 g/mol. The fourth-order valence-corrected chi connectivity index (χ4v) is 4.54. The third kappa shape index (κ3) is 4.80. The van der Waals surface area contributed by atoms with E-state index in [1.54, 1.807) is 18.2 Å². The molecule has 1 fully saturated rings. The van der Waals surface area contributed by atoms with Crippen molar-refractivity contribution in [2.75, 3.05) is 26.8 Å². The third-order valence-electron chi connectivity index (χ3n) is 6.33. The zero-order chi connectivity index (χ0) is 21.7. The molecule has 1 N–H and O–H groups in total. The van der Waals surface area contributed by atoms with Gasteiger partial charge in [-0.3, -0.25) is 4.90 Å². The Hall–Kier alpha value is -2.31. The molecule has 4 unspecified atom stereocenters. The summed E-state index contributed by atoms with van der Waals surface area (Å²) in [5, 5.41) is 12.0. The van der Waals surface area contributed by atoms with Crippen LogP contribution < -0.4 is 0 Å². The topological polar surface area (TPSA) is 41.9 Å². The molecule has 1 heterocycles. The highest BCUT2D eigenvalue weighted by Crippen LogP contribution is 2.42. The van der Waals surface area contributed by atoms with E-state index >= 15 is 4.39 Å². The Labute approximate surface area is 183 Å². The SMILES string of the molecule is COC1(F)C=CC=CC1CC(O)(c1ccccc1)C1CN(Cc2ccccc2)CCO1. The standard InChI is InChI=1S/C26H30FNO3/c1-30-26(27)15-9-8-14-23(26)18-25(29,22-12-6-3-7-13-22)24-20-28(16-17-31-24)19-21-10-4-2-5-11-21/h2-15,23-24,29H,16-20H2,1H3.